The van der Waals surface area contributed by atoms with Crippen molar-refractivity contribution in [2.75, 3.05) is 51.8 Å². The maximum absolute atomic E-state index is 12.7. The first-order valence-corrected chi connectivity index (χ1v) is 10.4. The fraction of sp³-hybridized carbons (Fsp3) is 0.364. The maximum atomic E-state index is 12.7. The minimum Gasteiger partial charge on any atom is -0.497 e. The minimum absolute atomic E-state index is 0.357. The molecule has 1 fully saturated rings. The molecule has 1 atom stereocenters. The number of piperazine rings is 1. The molecule has 2 aromatic rings. The van der Waals surface area contributed by atoms with Crippen LogP contribution in [0.25, 0.3) is 0 Å². The number of amides is 2. The molecule has 2 aliphatic heterocycles. The van der Waals surface area contributed by atoms with Gasteiger partial charge in [0.15, 0.2) is 0 Å². The van der Waals surface area contributed by atoms with Crippen LogP contribution in [0, 0.1) is 0 Å². The van der Waals surface area contributed by atoms with Crippen LogP contribution in [0.3, 0.4) is 0 Å². The molecule has 2 N–H and O–H groups in total. The Kier molecular flexibility index (Phi) is 6.50. The van der Waals surface area contributed by atoms with E-state index in [9.17, 15) is 9.59 Å². The van der Waals surface area contributed by atoms with Gasteiger partial charge in [0.1, 0.15) is 5.75 Å². The second-order valence-corrected chi connectivity index (χ2v) is 7.50. The fourth-order valence-electron chi connectivity index (χ4n) is 3.92. The van der Waals surface area contributed by atoms with E-state index >= 15 is 0 Å². The number of nitrogens with one attached hydrogen (secondary N) is 2. The molecule has 0 aliphatic carbocycles. The van der Waals surface area contributed by atoms with Crippen molar-refractivity contribution in [3.63, 3.8) is 0 Å². The summed E-state index contributed by atoms with van der Waals surface area (Å²) in [5.41, 5.74) is 1.71. The molecule has 1 aromatic carbocycles. The SMILES string of the molecule is COC(=O)C1=C(CN2CCN(c3ncccn3)CC2)NC(=O)N[C@@H]1c1ccc(OC)cc1. The van der Waals surface area contributed by atoms with Gasteiger partial charge in [0, 0.05) is 50.8 Å². The number of ether oxygens (including phenoxy) is 2. The monoisotopic (exact) mass is 438 g/mol. The molecule has 1 aromatic heterocycles. The number of carbonyl (C=O) groups excluding carboxylic acids is 2. The smallest absolute Gasteiger partial charge is 0.338 e. The zero-order valence-corrected chi connectivity index (χ0v) is 18.1. The number of benzene rings is 1. The van der Waals surface area contributed by atoms with Gasteiger partial charge in [0.05, 0.1) is 25.8 Å². The lowest BCUT2D eigenvalue weighted by Crippen LogP contribution is -2.52. The average molecular weight is 438 g/mol. The third-order valence-corrected chi connectivity index (χ3v) is 5.60. The third-order valence-electron chi connectivity index (χ3n) is 5.60. The molecule has 0 radical (unpaired) electrons. The van der Waals surface area contributed by atoms with E-state index in [0.717, 1.165) is 31.7 Å². The van der Waals surface area contributed by atoms with Crippen molar-refractivity contribution < 1.29 is 19.1 Å². The summed E-state index contributed by atoms with van der Waals surface area (Å²) >= 11 is 0. The zero-order chi connectivity index (χ0) is 22.5. The molecule has 0 bridgehead atoms. The molecule has 168 valence electrons. The first-order chi connectivity index (χ1) is 15.6. The quantitative estimate of drug-likeness (QED) is 0.645. The molecule has 0 saturated carbocycles. The zero-order valence-electron chi connectivity index (χ0n) is 18.1. The van der Waals surface area contributed by atoms with Crippen LogP contribution in [0.1, 0.15) is 11.6 Å². The summed E-state index contributed by atoms with van der Waals surface area (Å²) < 4.78 is 10.3. The van der Waals surface area contributed by atoms with Crippen LogP contribution in [-0.4, -0.2) is 73.8 Å². The van der Waals surface area contributed by atoms with Gasteiger partial charge in [-0.2, -0.15) is 0 Å². The summed E-state index contributed by atoms with van der Waals surface area (Å²) in [5.74, 6) is 0.916. The predicted octanol–water partition coefficient (Wildman–Crippen LogP) is 1.09. The average Bonchev–Trinajstić information content (AvgIpc) is 2.84. The summed E-state index contributed by atoms with van der Waals surface area (Å²) in [5, 5.41) is 5.66. The number of rotatable bonds is 6. The van der Waals surface area contributed by atoms with E-state index in [-0.39, 0.29) is 6.03 Å². The van der Waals surface area contributed by atoms with Gasteiger partial charge in [-0.05, 0) is 23.8 Å². The van der Waals surface area contributed by atoms with Crippen LogP contribution in [0.4, 0.5) is 10.7 Å². The summed E-state index contributed by atoms with van der Waals surface area (Å²) in [6.07, 6.45) is 3.46. The summed E-state index contributed by atoms with van der Waals surface area (Å²) in [6, 6.07) is 8.06. The molecule has 1 saturated heterocycles. The Hall–Kier alpha value is -3.66. The van der Waals surface area contributed by atoms with Crippen molar-refractivity contribution in [1.82, 2.24) is 25.5 Å². The molecular weight excluding hydrogens is 412 g/mol. The third kappa shape index (κ3) is 4.65. The normalized spacial score (nSPS) is 19.2. The second kappa shape index (κ2) is 9.65. The molecule has 0 unspecified atom stereocenters. The molecule has 10 nitrogen and oxygen atoms in total. The van der Waals surface area contributed by atoms with Crippen LogP contribution in [-0.2, 0) is 9.53 Å². The number of carbonyl (C=O) groups is 2. The van der Waals surface area contributed by atoms with E-state index in [4.69, 9.17) is 9.47 Å². The summed E-state index contributed by atoms with van der Waals surface area (Å²) in [7, 11) is 2.93. The summed E-state index contributed by atoms with van der Waals surface area (Å²) in [6.45, 7) is 3.41. The highest BCUT2D eigenvalue weighted by molar-refractivity contribution is 5.95. The number of aromatic nitrogens is 2. The van der Waals surface area contributed by atoms with Gasteiger partial charge in [0.25, 0.3) is 0 Å². The van der Waals surface area contributed by atoms with Gasteiger partial charge in [-0.15, -0.1) is 0 Å². The van der Waals surface area contributed by atoms with E-state index in [1.807, 2.05) is 12.1 Å². The van der Waals surface area contributed by atoms with Crippen molar-refractivity contribution in [1.29, 1.82) is 0 Å². The number of urea groups is 1. The van der Waals surface area contributed by atoms with Gasteiger partial charge in [0.2, 0.25) is 5.95 Å². The van der Waals surface area contributed by atoms with E-state index in [2.05, 4.69) is 30.4 Å². The highest BCUT2D eigenvalue weighted by atomic mass is 16.5. The van der Waals surface area contributed by atoms with Crippen LogP contribution in [0.2, 0.25) is 0 Å². The second-order valence-electron chi connectivity index (χ2n) is 7.50. The van der Waals surface area contributed by atoms with E-state index < -0.39 is 12.0 Å². The Morgan fingerprint density at radius 3 is 2.41 bits per heavy atom. The highest BCUT2D eigenvalue weighted by Gasteiger charge is 2.34. The minimum atomic E-state index is -0.615. The molecule has 3 heterocycles. The highest BCUT2D eigenvalue weighted by Crippen LogP contribution is 2.29. The Balaban J connectivity index is 1.54. The number of methoxy groups -OCH3 is 2. The topological polar surface area (TPSA) is 109 Å². The van der Waals surface area contributed by atoms with E-state index in [1.54, 1.807) is 37.7 Å². The van der Waals surface area contributed by atoms with Crippen molar-refractivity contribution >= 4 is 17.9 Å². The molecule has 0 spiro atoms. The Morgan fingerprint density at radius 2 is 1.78 bits per heavy atom. The maximum Gasteiger partial charge on any atom is 0.338 e. The van der Waals surface area contributed by atoms with Crippen molar-refractivity contribution in [2.24, 2.45) is 0 Å². The predicted molar refractivity (Wildman–Crippen MR) is 117 cm³/mol. The lowest BCUT2D eigenvalue weighted by Gasteiger charge is -2.37. The largest absolute Gasteiger partial charge is 0.497 e. The number of hydrogen-bond acceptors (Lipinski definition) is 8. The van der Waals surface area contributed by atoms with E-state index in [1.165, 1.54) is 7.11 Å². The van der Waals surface area contributed by atoms with Crippen LogP contribution in [0.15, 0.2) is 54.0 Å². The fourth-order valence-corrected chi connectivity index (χ4v) is 3.92. The van der Waals surface area contributed by atoms with Crippen molar-refractivity contribution in [3.8, 4) is 5.75 Å². The lowest BCUT2D eigenvalue weighted by molar-refractivity contribution is -0.136. The van der Waals surface area contributed by atoms with E-state index in [0.29, 0.717) is 29.5 Å². The molecule has 2 aliphatic rings. The first-order valence-electron chi connectivity index (χ1n) is 10.4. The van der Waals surface area contributed by atoms with Crippen molar-refractivity contribution in [2.45, 2.75) is 6.04 Å². The number of esters is 1. The number of anilines is 1. The Bertz CT molecular complexity index is 987. The molecular formula is C22H26N6O4. The molecule has 4 rings (SSSR count). The van der Waals surface area contributed by atoms with Gasteiger partial charge >= 0.3 is 12.0 Å². The molecule has 32 heavy (non-hydrogen) atoms. The Labute approximate surface area is 186 Å². The van der Waals surface area contributed by atoms with Crippen LogP contribution < -0.4 is 20.3 Å². The first kappa shape index (κ1) is 21.6. The summed E-state index contributed by atoms with van der Waals surface area (Å²) in [4.78, 5) is 38.1. The lowest BCUT2D eigenvalue weighted by atomic mass is 9.95. The van der Waals surface area contributed by atoms with Crippen LogP contribution >= 0.6 is 0 Å². The van der Waals surface area contributed by atoms with Gasteiger partial charge < -0.3 is 25.0 Å². The van der Waals surface area contributed by atoms with Crippen LogP contribution in [0.5, 0.6) is 5.75 Å². The molecule has 10 heteroatoms. The molecule has 2 amide bonds. The Morgan fingerprint density at radius 1 is 1.09 bits per heavy atom. The van der Waals surface area contributed by atoms with Gasteiger partial charge in [-0.3, -0.25) is 4.90 Å². The van der Waals surface area contributed by atoms with Crippen molar-refractivity contribution in [3.05, 3.63) is 59.6 Å². The van der Waals surface area contributed by atoms with Gasteiger partial charge in [-0.1, -0.05) is 12.1 Å². The standard InChI is InChI=1S/C22H26N6O4/c1-31-16-6-4-15(5-7-16)19-18(20(29)32-2)17(25-22(30)26-19)14-27-10-12-28(13-11-27)21-23-8-3-9-24-21/h3-9,19H,10-14H2,1-2H3,(H2,25,26,30)/t19-/m1/s1. The number of nitrogens with zero attached hydrogens (tertiary/aromatic N) is 4. The van der Waals surface area contributed by atoms with Gasteiger partial charge in [-0.25, -0.2) is 19.6 Å². The number of hydrogen-bond donors (Lipinski definition) is 2.